The summed E-state index contributed by atoms with van der Waals surface area (Å²) in [6.07, 6.45) is -4.52. The minimum absolute atomic E-state index is 0.220. The van der Waals surface area contributed by atoms with E-state index in [4.69, 9.17) is 0 Å². The van der Waals surface area contributed by atoms with Crippen molar-refractivity contribution in [3.8, 4) is 0 Å². The van der Waals surface area contributed by atoms with Crippen LogP contribution in [0, 0.1) is 5.82 Å². The van der Waals surface area contributed by atoms with Crippen molar-refractivity contribution >= 4 is 21.8 Å². The maximum atomic E-state index is 13.0. The molecule has 1 aromatic rings. The Morgan fingerprint density at radius 2 is 2.05 bits per heavy atom. The predicted octanol–water partition coefficient (Wildman–Crippen LogP) is 3.50. The van der Waals surface area contributed by atoms with Gasteiger partial charge in [-0.25, -0.2) is 4.39 Å². The van der Waals surface area contributed by atoms with Gasteiger partial charge in [-0.05, 0) is 24.6 Å². The van der Waals surface area contributed by atoms with Crippen LogP contribution in [0.25, 0.3) is 0 Å². The Balaban J connectivity index is 2.96. The van der Waals surface area contributed by atoms with Crippen molar-refractivity contribution in [3.63, 3.8) is 0 Å². The Labute approximate surface area is 116 Å². The van der Waals surface area contributed by atoms with Crippen molar-refractivity contribution in [2.45, 2.75) is 25.7 Å². The number of amides is 1. The van der Waals surface area contributed by atoms with E-state index in [0.29, 0.717) is 10.5 Å². The molecule has 0 aliphatic rings. The monoisotopic (exact) mass is 341 g/mol. The average Bonchev–Trinajstić information content (AvgIpc) is 2.33. The molecule has 0 aliphatic heterocycles. The highest BCUT2D eigenvalue weighted by atomic mass is 79.9. The van der Waals surface area contributed by atoms with Gasteiger partial charge in [-0.3, -0.25) is 4.79 Å². The van der Waals surface area contributed by atoms with Gasteiger partial charge >= 0.3 is 6.18 Å². The first-order valence-corrected chi connectivity index (χ1v) is 6.54. The zero-order valence-corrected chi connectivity index (χ0v) is 11.6. The Bertz CT molecular complexity index is 450. The van der Waals surface area contributed by atoms with Crippen molar-refractivity contribution in [2.75, 3.05) is 5.33 Å². The van der Waals surface area contributed by atoms with E-state index in [1.54, 1.807) is 0 Å². The number of halogens is 5. The molecule has 0 heterocycles. The van der Waals surface area contributed by atoms with Crippen LogP contribution in [0.1, 0.15) is 12.5 Å². The van der Waals surface area contributed by atoms with Gasteiger partial charge in [0, 0.05) is 6.54 Å². The third-order valence-electron chi connectivity index (χ3n) is 2.62. The summed E-state index contributed by atoms with van der Waals surface area (Å²) in [6.45, 7) is 0.614. The quantitative estimate of drug-likeness (QED) is 0.606. The number of nitrogens with zero attached hydrogens (tertiary/aromatic N) is 1. The summed E-state index contributed by atoms with van der Waals surface area (Å²) in [5.74, 6) is -1.25. The van der Waals surface area contributed by atoms with Crippen LogP contribution in [0.5, 0.6) is 0 Å². The molecule has 1 atom stereocenters. The summed E-state index contributed by atoms with van der Waals surface area (Å²) in [7, 11) is 0. The number of rotatable bonds is 4. The second-order valence-electron chi connectivity index (χ2n) is 4.00. The Morgan fingerprint density at radius 3 is 2.53 bits per heavy atom. The summed E-state index contributed by atoms with van der Waals surface area (Å²) < 4.78 is 51.1. The van der Waals surface area contributed by atoms with E-state index in [2.05, 4.69) is 15.9 Å². The van der Waals surface area contributed by atoms with Crippen molar-refractivity contribution in [1.29, 1.82) is 0 Å². The van der Waals surface area contributed by atoms with Crippen LogP contribution in [-0.2, 0) is 11.3 Å². The SMILES string of the molecule is C[C@H](N(Cc1cccc(F)c1)C(=O)CBr)C(F)(F)F. The number of alkyl halides is 4. The van der Waals surface area contributed by atoms with E-state index in [0.717, 1.165) is 13.0 Å². The summed E-state index contributed by atoms with van der Waals surface area (Å²) in [4.78, 5) is 12.2. The highest BCUT2D eigenvalue weighted by molar-refractivity contribution is 9.09. The van der Waals surface area contributed by atoms with E-state index in [9.17, 15) is 22.4 Å². The lowest BCUT2D eigenvalue weighted by molar-refractivity contribution is -0.186. The van der Waals surface area contributed by atoms with Crippen LogP contribution in [0.3, 0.4) is 0 Å². The molecule has 0 aromatic heterocycles. The molecule has 0 saturated heterocycles. The fraction of sp³-hybridized carbons (Fsp3) is 0.417. The van der Waals surface area contributed by atoms with Crippen LogP contribution < -0.4 is 0 Å². The number of benzene rings is 1. The maximum Gasteiger partial charge on any atom is 0.408 e. The molecule has 1 aromatic carbocycles. The molecule has 0 radical (unpaired) electrons. The van der Waals surface area contributed by atoms with E-state index < -0.39 is 23.9 Å². The van der Waals surface area contributed by atoms with Gasteiger partial charge in [-0.15, -0.1) is 0 Å². The standard InChI is InChI=1S/C12H12BrF4NO/c1-8(12(15,16)17)18(11(19)6-13)7-9-3-2-4-10(14)5-9/h2-5,8H,6-7H2,1H3/t8-/m0/s1. The van der Waals surface area contributed by atoms with Crippen LogP contribution in [0.4, 0.5) is 17.6 Å². The molecule has 7 heteroatoms. The maximum absolute atomic E-state index is 13.0. The number of carbonyl (C=O) groups excluding carboxylic acids is 1. The molecule has 19 heavy (non-hydrogen) atoms. The van der Waals surface area contributed by atoms with Crippen LogP contribution in [-0.4, -0.2) is 28.4 Å². The number of hydrogen-bond acceptors (Lipinski definition) is 1. The first kappa shape index (κ1) is 15.9. The predicted molar refractivity (Wildman–Crippen MR) is 66.3 cm³/mol. The fourth-order valence-corrected chi connectivity index (χ4v) is 1.85. The summed E-state index contributed by atoms with van der Waals surface area (Å²) in [5, 5.41) is -0.220. The molecule has 1 amide bonds. The second kappa shape index (κ2) is 6.36. The third-order valence-corrected chi connectivity index (χ3v) is 3.10. The molecule has 0 saturated carbocycles. The number of carbonyl (C=O) groups is 1. The first-order chi connectivity index (χ1) is 8.75. The van der Waals surface area contributed by atoms with E-state index in [-0.39, 0.29) is 11.9 Å². The molecule has 106 valence electrons. The summed E-state index contributed by atoms with van der Waals surface area (Å²) in [6, 6.07) is 3.23. The van der Waals surface area contributed by atoms with E-state index in [1.165, 1.54) is 18.2 Å². The Morgan fingerprint density at radius 1 is 1.42 bits per heavy atom. The van der Waals surface area contributed by atoms with Gasteiger partial charge in [-0.2, -0.15) is 13.2 Å². The molecular weight excluding hydrogens is 330 g/mol. The zero-order chi connectivity index (χ0) is 14.6. The van der Waals surface area contributed by atoms with Crippen LogP contribution >= 0.6 is 15.9 Å². The fourth-order valence-electron chi connectivity index (χ4n) is 1.53. The van der Waals surface area contributed by atoms with Crippen molar-refractivity contribution < 1.29 is 22.4 Å². The third kappa shape index (κ3) is 4.49. The Hall–Kier alpha value is -1.11. The Kier molecular flexibility index (Phi) is 5.34. The molecule has 1 rings (SSSR count). The highest BCUT2D eigenvalue weighted by Gasteiger charge is 2.41. The molecular formula is C12H12BrF4NO. The lowest BCUT2D eigenvalue weighted by Crippen LogP contribution is -2.47. The second-order valence-corrected chi connectivity index (χ2v) is 4.56. The molecule has 0 aliphatic carbocycles. The highest BCUT2D eigenvalue weighted by Crippen LogP contribution is 2.26. The molecule has 0 fully saturated rings. The van der Waals surface area contributed by atoms with Gasteiger partial charge in [0.1, 0.15) is 11.9 Å². The van der Waals surface area contributed by atoms with Gasteiger partial charge in [0.25, 0.3) is 0 Å². The minimum Gasteiger partial charge on any atom is -0.326 e. The zero-order valence-electron chi connectivity index (χ0n) is 10.0. The van der Waals surface area contributed by atoms with E-state index in [1.807, 2.05) is 0 Å². The van der Waals surface area contributed by atoms with Crippen molar-refractivity contribution in [2.24, 2.45) is 0 Å². The molecule has 0 unspecified atom stereocenters. The molecule has 0 bridgehead atoms. The largest absolute Gasteiger partial charge is 0.408 e. The minimum atomic E-state index is -4.52. The van der Waals surface area contributed by atoms with Crippen molar-refractivity contribution in [3.05, 3.63) is 35.6 Å². The summed E-state index contributed by atoms with van der Waals surface area (Å²) >= 11 is 2.85. The number of hydrogen-bond donors (Lipinski definition) is 0. The lowest BCUT2D eigenvalue weighted by Gasteiger charge is -2.30. The van der Waals surface area contributed by atoms with Gasteiger partial charge in [0.05, 0.1) is 5.33 Å². The topological polar surface area (TPSA) is 20.3 Å². The van der Waals surface area contributed by atoms with Crippen molar-refractivity contribution in [1.82, 2.24) is 4.90 Å². The van der Waals surface area contributed by atoms with Gasteiger partial charge < -0.3 is 4.90 Å². The van der Waals surface area contributed by atoms with Crippen LogP contribution in [0.2, 0.25) is 0 Å². The lowest BCUT2D eigenvalue weighted by atomic mass is 10.1. The molecule has 2 nitrogen and oxygen atoms in total. The van der Waals surface area contributed by atoms with Gasteiger partial charge in [0.15, 0.2) is 0 Å². The van der Waals surface area contributed by atoms with Crippen LogP contribution in [0.15, 0.2) is 24.3 Å². The van der Waals surface area contributed by atoms with Gasteiger partial charge in [-0.1, -0.05) is 28.1 Å². The van der Waals surface area contributed by atoms with E-state index >= 15 is 0 Å². The first-order valence-electron chi connectivity index (χ1n) is 5.42. The normalized spacial score (nSPS) is 13.2. The van der Waals surface area contributed by atoms with Gasteiger partial charge in [0.2, 0.25) is 5.91 Å². The summed E-state index contributed by atoms with van der Waals surface area (Å²) in [5.41, 5.74) is 0.311. The average molecular weight is 342 g/mol. The molecule has 0 spiro atoms. The smallest absolute Gasteiger partial charge is 0.326 e. The molecule has 0 N–H and O–H groups in total.